The first-order chi connectivity index (χ1) is 8.19. The first-order valence-electron chi connectivity index (χ1n) is 5.96. The molecule has 0 amide bonds. The summed E-state index contributed by atoms with van der Waals surface area (Å²) in [6, 6.07) is 10.2. The van der Waals surface area contributed by atoms with Crippen molar-refractivity contribution in [2.75, 3.05) is 14.2 Å². The zero-order valence-corrected chi connectivity index (χ0v) is 10.8. The molecule has 1 rings (SSSR count). The van der Waals surface area contributed by atoms with Crippen LogP contribution in [0.3, 0.4) is 0 Å². The molecule has 0 saturated carbocycles. The largest absolute Gasteiger partial charge is 0.393 e. The molecule has 17 heavy (non-hydrogen) atoms. The molecule has 3 nitrogen and oxygen atoms in total. The van der Waals surface area contributed by atoms with E-state index >= 15 is 0 Å². The summed E-state index contributed by atoms with van der Waals surface area (Å²) in [5, 5.41) is 10.1. The highest BCUT2D eigenvalue weighted by Gasteiger charge is 2.23. The second-order valence-corrected chi connectivity index (χ2v) is 4.29. The molecule has 0 radical (unpaired) electrons. The number of ether oxygens (including phenoxy) is 2. The number of benzene rings is 1. The van der Waals surface area contributed by atoms with Crippen LogP contribution in [0.1, 0.15) is 18.9 Å². The first-order valence-corrected chi connectivity index (χ1v) is 5.96. The fourth-order valence-electron chi connectivity index (χ4n) is 1.93. The number of rotatable bonds is 7. The molecule has 0 saturated heterocycles. The van der Waals surface area contributed by atoms with E-state index in [1.807, 2.05) is 25.1 Å². The number of methoxy groups -OCH3 is 2. The third kappa shape index (κ3) is 4.46. The van der Waals surface area contributed by atoms with Crippen LogP contribution < -0.4 is 0 Å². The Kier molecular flexibility index (Phi) is 6.19. The number of aliphatic hydroxyl groups excluding tert-OH is 1. The lowest BCUT2D eigenvalue weighted by Crippen LogP contribution is -2.32. The maximum absolute atomic E-state index is 10.1. The average Bonchev–Trinajstić information content (AvgIpc) is 2.38. The van der Waals surface area contributed by atoms with Crippen molar-refractivity contribution in [2.24, 2.45) is 5.92 Å². The monoisotopic (exact) mass is 238 g/mol. The molecule has 0 spiro atoms. The van der Waals surface area contributed by atoms with Crippen molar-refractivity contribution in [3.8, 4) is 0 Å². The Morgan fingerprint density at radius 1 is 1.12 bits per heavy atom. The predicted octanol–water partition coefficient (Wildman–Crippen LogP) is 2.24. The normalized spacial score (nSPS) is 14.9. The molecule has 0 bridgehead atoms. The van der Waals surface area contributed by atoms with Gasteiger partial charge in [-0.15, -0.1) is 0 Å². The SMILES string of the molecule is COC(OC)[C@H](C)[C@H](O)CCc1ccccc1. The highest BCUT2D eigenvalue weighted by Crippen LogP contribution is 2.17. The molecular weight excluding hydrogens is 216 g/mol. The molecule has 0 aliphatic heterocycles. The van der Waals surface area contributed by atoms with Crippen LogP contribution in [0.25, 0.3) is 0 Å². The Balaban J connectivity index is 2.41. The predicted molar refractivity (Wildman–Crippen MR) is 67.7 cm³/mol. The van der Waals surface area contributed by atoms with E-state index in [4.69, 9.17) is 9.47 Å². The van der Waals surface area contributed by atoms with E-state index < -0.39 is 6.10 Å². The lowest BCUT2D eigenvalue weighted by Gasteiger charge is -2.25. The van der Waals surface area contributed by atoms with Crippen LogP contribution in [0.2, 0.25) is 0 Å². The fourth-order valence-corrected chi connectivity index (χ4v) is 1.93. The lowest BCUT2D eigenvalue weighted by molar-refractivity contribution is -0.156. The zero-order chi connectivity index (χ0) is 12.7. The quantitative estimate of drug-likeness (QED) is 0.740. The molecule has 1 aromatic carbocycles. The average molecular weight is 238 g/mol. The van der Waals surface area contributed by atoms with Crippen molar-refractivity contribution in [3.05, 3.63) is 35.9 Å². The molecule has 0 aliphatic rings. The zero-order valence-electron chi connectivity index (χ0n) is 10.8. The van der Waals surface area contributed by atoms with Gasteiger partial charge in [-0.2, -0.15) is 0 Å². The molecule has 96 valence electrons. The molecule has 0 unspecified atom stereocenters. The van der Waals surface area contributed by atoms with E-state index in [9.17, 15) is 5.11 Å². The maximum atomic E-state index is 10.1. The van der Waals surface area contributed by atoms with E-state index in [0.717, 1.165) is 6.42 Å². The third-order valence-electron chi connectivity index (χ3n) is 3.07. The maximum Gasteiger partial charge on any atom is 0.161 e. The van der Waals surface area contributed by atoms with E-state index in [1.165, 1.54) is 5.56 Å². The van der Waals surface area contributed by atoms with Crippen molar-refractivity contribution < 1.29 is 14.6 Å². The van der Waals surface area contributed by atoms with Crippen LogP contribution >= 0.6 is 0 Å². The van der Waals surface area contributed by atoms with Gasteiger partial charge in [0.2, 0.25) is 0 Å². The lowest BCUT2D eigenvalue weighted by atomic mass is 9.97. The van der Waals surface area contributed by atoms with Gasteiger partial charge in [0.1, 0.15) is 0 Å². The Labute approximate surface area is 103 Å². The summed E-state index contributed by atoms with van der Waals surface area (Å²) in [6.07, 6.45) is 0.821. The van der Waals surface area contributed by atoms with Crippen LogP contribution in [0.15, 0.2) is 30.3 Å². The second kappa shape index (κ2) is 7.43. The van der Waals surface area contributed by atoms with Gasteiger partial charge in [-0.05, 0) is 18.4 Å². The Morgan fingerprint density at radius 2 is 1.71 bits per heavy atom. The summed E-state index contributed by atoms with van der Waals surface area (Å²) >= 11 is 0. The summed E-state index contributed by atoms with van der Waals surface area (Å²) in [5.74, 6) is -0.0336. The van der Waals surface area contributed by atoms with Gasteiger partial charge < -0.3 is 14.6 Å². The molecule has 3 heteroatoms. The number of hydrogen-bond acceptors (Lipinski definition) is 3. The third-order valence-corrected chi connectivity index (χ3v) is 3.07. The molecule has 1 aromatic rings. The van der Waals surface area contributed by atoms with E-state index in [2.05, 4.69) is 12.1 Å². The topological polar surface area (TPSA) is 38.7 Å². The van der Waals surface area contributed by atoms with Crippen molar-refractivity contribution in [1.29, 1.82) is 0 Å². The van der Waals surface area contributed by atoms with Crippen LogP contribution in [0.5, 0.6) is 0 Å². The van der Waals surface area contributed by atoms with Gasteiger partial charge in [-0.25, -0.2) is 0 Å². The van der Waals surface area contributed by atoms with E-state index in [0.29, 0.717) is 6.42 Å². The molecule has 2 atom stereocenters. The van der Waals surface area contributed by atoms with Crippen LogP contribution in [-0.4, -0.2) is 31.7 Å². The number of hydrogen-bond donors (Lipinski definition) is 1. The van der Waals surface area contributed by atoms with Gasteiger partial charge in [-0.1, -0.05) is 37.3 Å². The summed E-state index contributed by atoms with van der Waals surface area (Å²) in [6.45, 7) is 1.94. The van der Waals surface area contributed by atoms with Crippen LogP contribution in [0, 0.1) is 5.92 Å². The van der Waals surface area contributed by atoms with Gasteiger partial charge in [0.05, 0.1) is 6.10 Å². The van der Waals surface area contributed by atoms with Crippen molar-refractivity contribution in [3.63, 3.8) is 0 Å². The standard InChI is InChI=1S/C14H22O3/c1-11(14(16-2)17-3)13(15)10-9-12-7-5-4-6-8-12/h4-8,11,13-15H,9-10H2,1-3H3/t11-,13-/m1/s1. The van der Waals surface area contributed by atoms with Gasteiger partial charge in [0, 0.05) is 20.1 Å². The van der Waals surface area contributed by atoms with Crippen molar-refractivity contribution >= 4 is 0 Å². The van der Waals surface area contributed by atoms with Crippen molar-refractivity contribution in [1.82, 2.24) is 0 Å². The van der Waals surface area contributed by atoms with Gasteiger partial charge >= 0.3 is 0 Å². The van der Waals surface area contributed by atoms with Gasteiger partial charge in [0.15, 0.2) is 6.29 Å². The van der Waals surface area contributed by atoms with Crippen molar-refractivity contribution in [2.45, 2.75) is 32.2 Å². The smallest absolute Gasteiger partial charge is 0.161 e. The molecule has 0 aliphatic carbocycles. The molecule has 1 N–H and O–H groups in total. The summed E-state index contributed by atoms with van der Waals surface area (Å²) < 4.78 is 10.3. The highest BCUT2D eigenvalue weighted by molar-refractivity contribution is 5.14. The Morgan fingerprint density at radius 3 is 2.24 bits per heavy atom. The molecule has 0 aromatic heterocycles. The second-order valence-electron chi connectivity index (χ2n) is 4.29. The molecular formula is C14H22O3. The fraction of sp³-hybridized carbons (Fsp3) is 0.571. The van der Waals surface area contributed by atoms with Gasteiger partial charge in [-0.3, -0.25) is 0 Å². The minimum atomic E-state index is -0.417. The Hall–Kier alpha value is -0.900. The first kappa shape index (κ1) is 14.2. The van der Waals surface area contributed by atoms with Crippen LogP contribution in [-0.2, 0) is 15.9 Å². The Bertz CT molecular complexity index is 296. The minimum absolute atomic E-state index is 0.0336. The summed E-state index contributed by atoms with van der Waals surface area (Å²) in [7, 11) is 3.18. The summed E-state index contributed by atoms with van der Waals surface area (Å²) in [5.41, 5.74) is 1.24. The number of aryl methyl sites for hydroxylation is 1. The molecule has 0 fully saturated rings. The van der Waals surface area contributed by atoms with E-state index in [1.54, 1.807) is 14.2 Å². The highest BCUT2D eigenvalue weighted by atomic mass is 16.7. The van der Waals surface area contributed by atoms with Gasteiger partial charge in [0.25, 0.3) is 0 Å². The summed E-state index contributed by atoms with van der Waals surface area (Å²) in [4.78, 5) is 0. The minimum Gasteiger partial charge on any atom is -0.393 e. The molecule has 0 heterocycles. The van der Waals surface area contributed by atoms with E-state index in [-0.39, 0.29) is 12.2 Å². The number of aliphatic hydroxyl groups is 1. The van der Waals surface area contributed by atoms with Crippen LogP contribution in [0.4, 0.5) is 0 Å².